The van der Waals surface area contributed by atoms with Gasteiger partial charge in [-0.2, -0.15) is 34.7 Å². The number of hydrogen-bond acceptors (Lipinski definition) is 12. The zero-order valence-electron chi connectivity index (χ0n) is 45.6. The molecule has 6 aromatic rings. The number of carbonyl (C=O) groups is 1. The van der Waals surface area contributed by atoms with Crippen LogP contribution in [0.4, 0.5) is 0 Å². The third kappa shape index (κ3) is 30.0. The number of aliphatic hydroxyl groups excluding tert-OH is 1. The van der Waals surface area contributed by atoms with Gasteiger partial charge in [-0.15, -0.1) is 0 Å². The number of nitrogens with zero attached hydrogens (tertiary/aromatic N) is 8. The van der Waals surface area contributed by atoms with Crippen molar-refractivity contribution in [3.8, 4) is 40.5 Å². The second-order valence-corrected chi connectivity index (χ2v) is 17.9. The Bertz CT molecular complexity index is 2560. The Morgan fingerprint density at radius 1 is 0.597 bits per heavy atom. The molecule has 0 aliphatic carbocycles. The first-order valence-electron chi connectivity index (χ1n) is 26.4. The number of nitriles is 3. The van der Waals surface area contributed by atoms with Crippen LogP contribution in [0.5, 0.6) is 0 Å². The first kappa shape index (κ1) is 68.3. The molecule has 5 heterocycles. The van der Waals surface area contributed by atoms with Crippen LogP contribution in [-0.2, 0) is 4.74 Å². The maximum absolute atomic E-state index is 11.3. The number of aromatic nitrogens is 4. The molecule has 1 aliphatic heterocycles. The van der Waals surface area contributed by atoms with Crippen LogP contribution < -0.4 is 19.4 Å². The number of carboxylic acids is 1. The number of rotatable bonds is 23. The molecule has 1 radical (unpaired) electrons. The summed E-state index contributed by atoms with van der Waals surface area (Å²) in [6.45, 7) is 15.0. The molecule has 1 aliphatic rings. The van der Waals surface area contributed by atoms with E-state index in [1.165, 1.54) is 46.3 Å². The van der Waals surface area contributed by atoms with Gasteiger partial charge in [0, 0.05) is 41.6 Å². The van der Waals surface area contributed by atoms with Crippen LogP contribution in [0, 0.1) is 34.0 Å². The van der Waals surface area contributed by atoms with Crippen molar-refractivity contribution in [1.29, 1.82) is 15.8 Å². The van der Waals surface area contributed by atoms with Gasteiger partial charge in [0.1, 0.15) is 44.6 Å². The summed E-state index contributed by atoms with van der Waals surface area (Å²) < 4.78 is 14.5. The van der Waals surface area contributed by atoms with Crippen molar-refractivity contribution in [2.24, 2.45) is 4.30 Å². The molecule has 0 atom stereocenters. The third-order valence-electron chi connectivity index (χ3n) is 10.6. The molecule has 0 spiro atoms. The van der Waals surface area contributed by atoms with E-state index in [1.807, 2.05) is 72.9 Å². The molecule has 0 unspecified atom stereocenters. The maximum atomic E-state index is 11.3. The van der Waals surface area contributed by atoms with E-state index in [2.05, 4.69) is 86.6 Å². The van der Waals surface area contributed by atoms with Gasteiger partial charge < -0.3 is 34.3 Å². The number of halogens is 1. The van der Waals surface area contributed by atoms with Crippen molar-refractivity contribution in [3.05, 3.63) is 143 Å². The fourth-order valence-corrected chi connectivity index (χ4v) is 7.06. The predicted octanol–water partition coefficient (Wildman–Crippen LogP) is 12.8. The number of hydrogen-bond donors (Lipinski definition) is 3. The normalized spacial score (nSPS) is 10.5. The van der Waals surface area contributed by atoms with Crippen LogP contribution in [0.25, 0.3) is 22.3 Å². The molecule has 1 fully saturated rings. The molecule has 0 saturated carbocycles. The summed E-state index contributed by atoms with van der Waals surface area (Å²) in [4.78, 5) is 33.2. The molecule has 415 valence electrons. The van der Waals surface area contributed by atoms with Crippen molar-refractivity contribution in [2.45, 2.75) is 125 Å². The Kier molecular flexibility index (Phi) is 40.4. The van der Waals surface area contributed by atoms with E-state index in [-0.39, 0.29) is 12.3 Å². The number of unbranched alkanes of at least 4 members (excludes halogenated alkanes) is 8. The molecule has 1 saturated heterocycles. The topological polar surface area (TPSA) is 207 Å². The molecular formula is C58H79BBrN8O8S. The van der Waals surface area contributed by atoms with Crippen molar-refractivity contribution in [1.82, 2.24) is 18.9 Å². The molecule has 0 amide bonds. The van der Waals surface area contributed by atoms with E-state index in [1.54, 1.807) is 54.5 Å². The van der Waals surface area contributed by atoms with Crippen molar-refractivity contribution < 1.29 is 39.1 Å². The molecule has 0 bridgehead atoms. The average Bonchev–Trinajstić information content (AvgIpc) is 4.33. The van der Waals surface area contributed by atoms with E-state index in [4.69, 9.17) is 45.0 Å². The van der Waals surface area contributed by atoms with Gasteiger partial charge in [0.15, 0.2) is 22.8 Å². The molecule has 16 nitrogen and oxygen atoms in total. The summed E-state index contributed by atoms with van der Waals surface area (Å²) in [5.41, 5.74) is 5.69. The molecule has 19 heteroatoms. The monoisotopic (exact) mass is 1140 g/mol. The van der Waals surface area contributed by atoms with Gasteiger partial charge in [-0.3, -0.25) is 0 Å². The van der Waals surface area contributed by atoms with Gasteiger partial charge >= 0.3 is 30.7 Å². The minimum atomic E-state index is -0.984. The zero-order valence-corrected chi connectivity index (χ0v) is 48.1. The summed E-state index contributed by atoms with van der Waals surface area (Å²) in [5, 5.41) is 43.3. The van der Waals surface area contributed by atoms with Crippen LogP contribution in [-0.4, -0.2) is 89.0 Å². The number of aromatic carboxylic acids is 1. The van der Waals surface area contributed by atoms with Crippen molar-refractivity contribution in [2.75, 3.05) is 46.2 Å². The van der Waals surface area contributed by atoms with Crippen molar-refractivity contribution >= 4 is 42.4 Å². The van der Waals surface area contributed by atoms with Gasteiger partial charge in [0.2, 0.25) is 0 Å². The predicted molar refractivity (Wildman–Crippen MR) is 311 cm³/mol. The summed E-state index contributed by atoms with van der Waals surface area (Å²) >= 11 is 6.49. The molecule has 77 heavy (non-hydrogen) atoms. The molecule has 4 aromatic heterocycles. The molecule has 7 rings (SSSR count). The van der Waals surface area contributed by atoms with Crippen LogP contribution >= 0.6 is 28.7 Å². The fourth-order valence-electron chi connectivity index (χ4n) is 6.65. The number of carboxylic acid groups (broad SMARTS) is 1. The van der Waals surface area contributed by atoms with E-state index in [0.29, 0.717) is 43.5 Å². The second-order valence-electron chi connectivity index (χ2n) is 16.8. The number of benzene rings is 2. The third-order valence-corrected chi connectivity index (χ3v) is 11.0. The van der Waals surface area contributed by atoms with E-state index < -0.39 is 5.97 Å². The van der Waals surface area contributed by atoms with E-state index >= 15 is 0 Å². The van der Waals surface area contributed by atoms with Gasteiger partial charge in [0.05, 0.1) is 18.6 Å². The number of ether oxygens (including phenoxy) is 1. The van der Waals surface area contributed by atoms with Gasteiger partial charge in [0.25, 0.3) is 0 Å². The fraction of sp³-hybridized carbons (Fsp3) is 0.448. The minimum absolute atomic E-state index is 0.153. The summed E-state index contributed by atoms with van der Waals surface area (Å²) in [7, 11) is 4.34. The number of aliphatic hydroxyl groups is 1. The van der Waals surface area contributed by atoms with Crippen LogP contribution in [0.1, 0.15) is 152 Å². The summed E-state index contributed by atoms with van der Waals surface area (Å²) in [6, 6.07) is 34.7. The van der Waals surface area contributed by atoms with Crippen LogP contribution in [0.15, 0.2) is 125 Å². The molecular weight excluding hydrogens is 1060 g/mol. The van der Waals surface area contributed by atoms with E-state index in [9.17, 15) is 9.90 Å². The van der Waals surface area contributed by atoms with Crippen molar-refractivity contribution in [3.63, 3.8) is 0 Å². The first-order chi connectivity index (χ1) is 37.5. The zero-order chi connectivity index (χ0) is 56.7. The Hall–Kier alpha value is -6.69. The van der Waals surface area contributed by atoms with Gasteiger partial charge in [-0.05, 0) is 103 Å². The Morgan fingerprint density at radius 2 is 0.987 bits per heavy atom. The Labute approximate surface area is 472 Å². The second kappa shape index (κ2) is 45.5. The standard InChI is InChI=1S/C16H18N2O.C16H19NO3.C10H13BrN2O.C10H14N2O.C4H8O.C2H6O.BHNS/c1-2-3-7-10-19-18-13-15(11-16(18)12-17)14-8-5-4-6-9-14;1-2-3-7-10-20-17-12-14(11-15(17)16(18)19)13-8-5-4-6-9-13;1-2-3-4-5-14-13-8-9(11)6-10(13)7-12;1-2-3-4-8-13-12-7-5-6-10(12)9-11;1-2-4-5-3-1;2*1-2-3/h4-6,8-9,11,13H,2-3,7,10H2,1H3;4-6,8-9,11-12H,2-3,7,10H2,1H3,(H,18,19);6,8H,2-5H2,1H3;5-7H,2-4,8H2,1H3;1-4H2;3H,2H2,1H3;3H. The Balaban J connectivity index is 0.000000486. The SMILES string of the molecule is C1CCOC1.CCCCCOn1cc(-c2ccccc2)cc1C#N.CCCCCOn1cc(-c2ccccc2)cc1C(=O)O.CCCCCOn1cc(Br)cc1C#N.CCCCCOn1cccc1C#N.CCO.[B]=NS. The quantitative estimate of drug-likeness (QED) is 0.0312. The summed E-state index contributed by atoms with van der Waals surface area (Å²) in [6.07, 6.45) is 22.8. The first-order valence-corrected chi connectivity index (χ1v) is 27.6. The average molecular weight is 1140 g/mol. The van der Waals surface area contributed by atoms with Crippen LogP contribution in [0.3, 0.4) is 0 Å². The van der Waals surface area contributed by atoms with Gasteiger partial charge in [-0.25, -0.2) is 4.79 Å². The van der Waals surface area contributed by atoms with E-state index in [0.717, 1.165) is 97.7 Å². The molecule has 2 aromatic carbocycles. The Morgan fingerprint density at radius 3 is 1.39 bits per heavy atom. The molecule has 2 N–H and O–H groups in total. The summed E-state index contributed by atoms with van der Waals surface area (Å²) in [5.74, 6) is -0.984. The van der Waals surface area contributed by atoms with Crippen LogP contribution in [0.2, 0.25) is 0 Å². The van der Waals surface area contributed by atoms with Gasteiger partial charge in [-0.1, -0.05) is 140 Å². The number of thiol groups is 1.